The van der Waals surface area contributed by atoms with E-state index in [0.29, 0.717) is 0 Å². The van der Waals surface area contributed by atoms with Crippen molar-refractivity contribution in [2.24, 2.45) is 0 Å². The van der Waals surface area contributed by atoms with Crippen LogP contribution in [0.1, 0.15) is 18.4 Å². The highest BCUT2D eigenvalue weighted by Gasteiger charge is 2.20. The summed E-state index contributed by atoms with van der Waals surface area (Å²) in [6, 6.07) is 10.4. The molecule has 0 amide bonds. The lowest BCUT2D eigenvalue weighted by Crippen LogP contribution is -2.31. The first-order chi connectivity index (χ1) is 9.22. The Hall–Kier alpha value is -1.96. The van der Waals surface area contributed by atoms with E-state index in [1.54, 1.807) is 0 Å². The van der Waals surface area contributed by atoms with Crippen LogP contribution in [0, 0.1) is 0 Å². The Balaban J connectivity index is 2.10. The molecule has 2 rings (SSSR count). The fraction of sp³-hybridized carbons (Fsp3) is 0.294. The summed E-state index contributed by atoms with van der Waals surface area (Å²) in [7, 11) is 0. The van der Waals surface area contributed by atoms with Crippen LogP contribution in [0.25, 0.3) is 0 Å². The fourth-order valence-electron chi connectivity index (χ4n) is 2.59. The minimum atomic E-state index is 0.155. The largest absolute Gasteiger partial charge is 0.506 e. The predicted octanol–water partition coefficient (Wildman–Crippen LogP) is 3.84. The second kappa shape index (κ2) is 6.28. The van der Waals surface area contributed by atoms with Crippen molar-refractivity contribution < 1.29 is 5.11 Å². The molecule has 2 heteroatoms. The van der Waals surface area contributed by atoms with E-state index in [0.717, 1.165) is 43.6 Å². The van der Waals surface area contributed by atoms with Gasteiger partial charge in [0, 0.05) is 13.1 Å². The van der Waals surface area contributed by atoms with Gasteiger partial charge in [-0.1, -0.05) is 49.6 Å². The van der Waals surface area contributed by atoms with Crippen molar-refractivity contribution in [1.82, 2.24) is 4.90 Å². The zero-order valence-electron chi connectivity index (χ0n) is 11.3. The molecular formula is C17H21NO. The molecule has 1 aromatic rings. The van der Waals surface area contributed by atoms with Crippen molar-refractivity contribution in [2.75, 3.05) is 13.1 Å². The Bertz CT molecular complexity index is 487. The maximum absolute atomic E-state index is 9.80. The molecule has 0 unspecified atom stereocenters. The third-order valence-electron chi connectivity index (χ3n) is 3.53. The molecule has 19 heavy (non-hydrogen) atoms. The van der Waals surface area contributed by atoms with Crippen LogP contribution in [0.4, 0.5) is 0 Å². The maximum Gasteiger partial charge on any atom is 0.132 e. The van der Waals surface area contributed by atoms with Gasteiger partial charge < -0.3 is 10.0 Å². The molecule has 0 fully saturated rings. The van der Waals surface area contributed by atoms with Gasteiger partial charge in [-0.25, -0.2) is 0 Å². The minimum absolute atomic E-state index is 0.155. The minimum Gasteiger partial charge on any atom is -0.506 e. The van der Waals surface area contributed by atoms with Crippen LogP contribution in [-0.2, 0) is 6.42 Å². The zero-order chi connectivity index (χ0) is 13.7. The number of hydrogen-bond acceptors (Lipinski definition) is 2. The molecule has 1 aliphatic rings. The summed E-state index contributed by atoms with van der Waals surface area (Å²) in [5, 5.41) is 9.80. The van der Waals surface area contributed by atoms with Crippen molar-refractivity contribution in [1.29, 1.82) is 0 Å². The van der Waals surface area contributed by atoms with Gasteiger partial charge in [-0.15, -0.1) is 0 Å². The molecule has 0 saturated heterocycles. The standard InChI is InChI=1S/C17H21NO/c1-3-16-10-7-12-18(17(16)14(2)19)13-11-15-8-5-4-6-9-15/h3-6,8-9,19H,1-2,7,10-13H2. The third kappa shape index (κ3) is 3.28. The Labute approximate surface area is 115 Å². The molecular weight excluding hydrogens is 234 g/mol. The molecule has 0 radical (unpaired) electrons. The molecule has 0 saturated carbocycles. The van der Waals surface area contributed by atoms with Crippen LogP contribution in [0.5, 0.6) is 0 Å². The molecule has 0 aliphatic carbocycles. The zero-order valence-corrected chi connectivity index (χ0v) is 11.3. The van der Waals surface area contributed by atoms with E-state index in [9.17, 15) is 5.11 Å². The fourth-order valence-corrected chi connectivity index (χ4v) is 2.59. The van der Waals surface area contributed by atoms with Crippen molar-refractivity contribution in [3.05, 3.63) is 72.2 Å². The topological polar surface area (TPSA) is 23.5 Å². The van der Waals surface area contributed by atoms with Crippen molar-refractivity contribution >= 4 is 0 Å². The van der Waals surface area contributed by atoms with Gasteiger partial charge >= 0.3 is 0 Å². The highest BCUT2D eigenvalue weighted by molar-refractivity contribution is 5.35. The van der Waals surface area contributed by atoms with E-state index in [1.807, 2.05) is 12.1 Å². The smallest absolute Gasteiger partial charge is 0.132 e. The van der Waals surface area contributed by atoms with Crippen LogP contribution in [0.15, 0.2) is 66.6 Å². The van der Waals surface area contributed by atoms with Crippen molar-refractivity contribution in [3.8, 4) is 0 Å². The molecule has 0 bridgehead atoms. The van der Waals surface area contributed by atoms with Crippen molar-refractivity contribution in [3.63, 3.8) is 0 Å². The average molecular weight is 255 g/mol. The molecule has 0 spiro atoms. The van der Waals surface area contributed by atoms with E-state index >= 15 is 0 Å². The number of rotatable bonds is 5. The first-order valence-corrected chi connectivity index (χ1v) is 6.75. The SMILES string of the molecule is C=CC1=C(C(=C)O)N(CCc2ccccc2)CCC1. The summed E-state index contributed by atoms with van der Waals surface area (Å²) in [4.78, 5) is 2.22. The van der Waals surface area contributed by atoms with E-state index in [2.05, 4.69) is 42.3 Å². The van der Waals surface area contributed by atoms with E-state index in [1.165, 1.54) is 5.56 Å². The molecule has 1 heterocycles. The van der Waals surface area contributed by atoms with Gasteiger partial charge in [-0.3, -0.25) is 0 Å². The molecule has 2 nitrogen and oxygen atoms in total. The van der Waals surface area contributed by atoms with Crippen molar-refractivity contribution in [2.45, 2.75) is 19.3 Å². The highest BCUT2D eigenvalue weighted by Crippen LogP contribution is 2.26. The molecule has 0 atom stereocenters. The van der Waals surface area contributed by atoms with Gasteiger partial charge in [0.15, 0.2) is 0 Å². The second-order valence-corrected chi connectivity index (χ2v) is 4.85. The molecule has 100 valence electrons. The summed E-state index contributed by atoms with van der Waals surface area (Å²) in [6.45, 7) is 9.39. The second-order valence-electron chi connectivity index (χ2n) is 4.85. The van der Waals surface area contributed by atoms with Gasteiger partial charge in [0.1, 0.15) is 5.76 Å². The van der Waals surface area contributed by atoms with Crippen LogP contribution in [0.3, 0.4) is 0 Å². The molecule has 1 N–H and O–H groups in total. The maximum atomic E-state index is 9.80. The lowest BCUT2D eigenvalue weighted by atomic mass is 10.0. The number of aliphatic hydroxyl groups excluding tert-OH is 1. The normalized spacial score (nSPS) is 15.5. The van der Waals surface area contributed by atoms with Crippen LogP contribution in [0.2, 0.25) is 0 Å². The summed E-state index contributed by atoms with van der Waals surface area (Å²) in [6.07, 6.45) is 4.89. The monoisotopic (exact) mass is 255 g/mol. The van der Waals surface area contributed by atoms with Gasteiger partial charge in [-0.2, -0.15) is 0 Å². The number of nitrogens with zero attached hydrogens (tertiary/aromatic N) is 1. The summed E-state index contributed by atoms with van der Waals surface area (Å²) >= 11 is 0. The quantitative estimate of drug-likeness (QED) is 0.808. The lowest BCUT2D eigenvalue weighted by Gasteiger charge is -2.32. The number of aliphatic hydroxyl groups is 1. The number of benzene rings is 1. The predicted molar refractivity (Wildman–Crippen MR) is 79.9 cm³/mol. The van der Waals surface area contributed by atoms with E-state index < -0.39 is 0 Å². The number of hydrogen-bond donors (Lipinski definition) is 1. The summed E-state index contributed by atoms with van der Waals surface area (Å²) in [5.41, 5.74) is 3.29. The Kier molecular flexibility index (Phi) is 4.45. The van der Waals surface area contributed by atoms with Gasteiger partial charge in [0.2, 0.25) is 0 Å². The van der Waals surface area contributed by atoms with Crippen LogP contribution < -0.4 is 0 Å². The average Bonchev–Trinajstić information content (AvgIpc) is 2.45. The lowest BCUT2D eigenvalue weighted by molar-refractivity contribution is 0.288. The van der Waals surface area contributed by atoms with E-state index in [-0.39, 0.29) is 5.76 Å². The van der Waals surface area contributed by atoms with Gasteiger partial charge in [0.25, 0.3) is 0 Å². The first kappa shape index (κ1) is 13.5. The van der Waals surface area contributed by atoms with E-state index in [4.69, 9.17) is 0 Å². The van der Waals surface area contributed by atoms with Gasteiger partial charge in [0.05, 0.1) is 5.70 Å². The Morgan fingerprint density at radius 1 is 1.32 bits per heavy atom. The van der Waals surface area contributed by atoms with Crippen LogP contribution in [-0.4, -0.2) is 23.1 Å². The molecule has 0 aromatic heterocycles. The molecule has 1 aromatic carbocycles. The third-order valence-corrected chi connectivity index (χ3v) is 3.53. The first-order valence-electron chi connectivity index (χ1n) is 6.75. The highest BCUT2D eigenvalue weighted by atomic mass is 16.3. The summed E-state index contributed by atoms with van der Waals surface area (Å²) in [5.74, 6) is 0.155. The van der Waals surface area contributed by atoms with Gasteiger partial charge in [-0.05, 0) is 30.4 Å². The molecule has 1 aliphatic heterocycles. The Morgan fingerprint density at radius 3 is 2.68 bits per heavy atom. The number of allylic oxidation sites excluding steroid dienone is 2. The Morgan fingerprint density at radius 2 is 2.05 bits per heavy atom. The summed E-state index contributed by atoms with van der Waals surface area (Å²) < 4.78 is 0. The van der Waals surface area contributed by atoms with Crippen LogP contribution >= 0.6 is 0 Å².